The number of aromatic amines is 1. The number of benzene rings is 1. The summed E-state index contributed by atoms with van der Waals surface area (Å²) < 4.78 is 13.0. The van der Waals surface area contributed by atoms with Gasteiger partial charge in [0, 0.05) is 11.3 Å². The molecule has 2 aromatic rings. The molecule has 1 aromatic heterocycles. The summed E-state index contributed by atoms with van der Waals surface area (Å²) in [5, 5.41) is 0. The Morgan fingerprint density at radius 3 is 2.75 bits per heavy atom. The molecule has 0 aliphatic rings. The lowest BCUT2D eigenvalue weighted by molar-refractivity contribution is 0.628. The number of aromatic nitrogens is 2. The molecule has 82 valence electrons. The van der Waals surface area contributed by atoms with Crippen LogP contribution >= 0.6 is 0 Å². The molecular formula is C12H11FN2O. The van der Waals surface area contributed by atoms with Gasteiger partial charge < -0.3 is 4.98 Å². The van der Waals surface area contributed by atoms with Crippen molar-refractivity contribution in [1.82, 2.24) is 9.97 Å². The van der Waals surface area contributed by atoms with Crippen molar-refractivity contribution in [2.24, 2.45) is 0 Å². The summed E-state index contributed by atoms with van der Waals surface area (Å²) >= 11 is 0. The monoisotopic (exact) mass is 218 g/mol. The van der Waals surface area contributed by atoms with Gasteiger partial charge in [-0.2, -0.15) is 0 Å². The molecular weight excluding hydrogens is 207 g/mol. The zero-order valence-electron chi connectivity index (χ0n) is 9.04. The third-order valence-corrected chi connectivity index (χ3v) is 2.44. The Hall–Kier alpha value is -1.97. The van der Waals surface area contributed by atoms with E-state index in [1.165, 1.54) is 12.1 Å². The molecule has 0 aliphatic carbocycles. The van der Waals surface area contributed by atoms with E-state index in [0.717, 1.165) is 11.4 Å². The second-order valence-electron chi connectivity index (χ2n) is 3.64. The van der Waals surface area contributed by atoms with E-state index in [9.17, 15) is 9.18 Å². The van der Waals surface area contributed by atoms with Crippen LogP contribution in [0.1, 0.15) is 11.4 Å². The van der Waals surface area contributed by atoms with Crippen LogP contribution in [-0.2, 0) is 0 Å². The summed E-state index contributed by atoms with van der Waals surface area (Å²) in [7, 11) is 0. The fourth-order valence-corrected chi connectivity index (χ4v) is 1.45. The Morgan fingerprint density at radius 2 is 2.06 bits per heavy atom. The van der Waals surface area contributed by atoms with Gasteiger partial charge in [0.25, 0.3) is 5.56 Å². The summed E-state index contributed by atoms with van der Waals surface area (Å²) in [5.41, 5.74) is 1.91. The minimum Gasteiger partial charge on any atom is -0.323 e. The lowest BCUT2D eigenvalue weighted by Crippen LogP contribution is -2.14. The molecule has 3 nitrogen and oxygen atoms in total. The number of hydrogen-bond acceptors (Lipinski definition) is 2. The molecule has 1 heterocycles. The predicted molar refractivity (Wildman–Crippen MR) is 59.7 cm³/mol. The van der Waals surface area contributed by atoms with Crippen LogP contribution < -0.4 is 5.56 Å². The fourth-order valence-electron chi connectivity index (χ4n) is 1.45. The van der Waals surface area contributed by atoms with Gasteiger partial charge in [0.1, 0.15) is 11.5 Å². The molecule has 0 saturated heterocycles. The quantitative estimate of drug-likeness (QED) is 0.797. The minimum atomic E-state index is -0.378. The van der Waals surface area contributed by atoms with Gasteiger partial charge in [-0.1, -0.05) is 12.1 Å². The second kappa shape index (κ2) is 3.89. The number of rotatable bonds is 1. The maximum absolute atomic E-state index is 13.0. The largest absolute Gasteiger partial charge is 0.323 e. The molecule has 0 amide bonds. The van der Waals surface area contributed by atoms with Crippen molar-refractivity contribution >= 4 is 0 Å². The van der Waals surface area contributed by atoms with Crippen LogP contribution in [0.25, 0.3) is 11.3 Å². The first kappa shape index (κ1) is 10.5. The van der Waals surface area contributed by atoms with E-state index in [-0.39, 0.29) is 17.1 Å². The Morgan fingerprint density at radius 1 is 1.31 bits per heavy atom. The number of halogens is 1. The van der Waals surface area contributed by atoms with E-state index in [1.807, 2.05) is 0 Å². The van der Waals surface area contributed by atoms with Crippen molar-refractivity contribution in [2.45, 2.75) is 13.8 Å². The number of hydrogen-bond donors (Lipinski definition) is 1. The zero-order valence-corrected chi connectivity index (χ0v) is 9.04. The standard InChI is InChI=1S/C12H11FN2O/c1-7-8(2)15-12(16)11(14-7)9-4-3-5-10(13)6-9/h3-6H,1-2H3,(H,15,16). The van der Waals surface area contributed by atoms with Crippen LogP contribution in [0.4, 0.5) is 4.39 Å². The van der Waals surface area contributed by atoms with E-state index in [4.69, 9.17) is 0 Å². The van der Waals surface area contributed by atoms with Crippen molar-refractivity contribution in [3.8, 4) is 11.3 Å². The van der Waals surface area contributed by atoms with Gasteiger partial charge in [-0.3, -0.25) is 4.79 Å². The maximum Gasteiger partial charge on any atom is 0.274 e. The van der Waals surface area contributed by atoms with Gasteiger partial charge in [-0.05, 0) is 26.0 Å². The molecule has 1 N–H and O–H groups in total. The number of nitrogens with one attached hydrogen (secondary N) is 1. The van der Waals surface area contributed by atoms with Crippen molar-refractivity contribution in [2.75, 3.05) is 0 Å². The highest BCUT2D eigenvalue weighted by Gasteiger charge is 2.07. The van der Waals surface area contributed by atoms with Crippen molar-refractivity contribution in [1.29, 1.82) is 0 Å². The van der Waals surface area contributed by atoms with Crippen LogP contribution in [0.15, 0.2) is 29.1 Å². The lowest BCUT2D eigenvalue weighted by atomic mass is 10.1. The first-order valence-corrected chi connectivity index (χ1v) is 4.91. The number of H-pyrrole nitrogens is 1. The average Bonchev–Trinajstić information content (AvgIpc) is 2.23. The molecule has 0 spiro atoms. The molecule has 0 fully saturated rings. The van der Waals surface area contributed by atoms with Crippen LogP contribution in [0, 0.1) is 19.7 Å². The third-order valence-electron chi connectivity index (χ3n) is 2.44. The molecule has 2 rings (SSSR count). The fraction of sp³-hybridized carbons (Fsp3) is 0.167. The van der Waals surface area contributed by atoms with Crippen LogP contribution in [0.5, 0.6) is 0 Å². The van der Waals surface area contributed by atoms with Crippen LogP contribution in [-0.4, -0.2) is 9.97 Å². The molecule has 0 atom stereocenters. The summed E-state index contributed by atoms with van der Waals surface area (Å²) in [6, 6.07) is 5.85. The zero-order chi connectivity index (χ0) is 11.7. The van der Waals surface area contributed by atoms with Crippen molar-refractivity contribution < 1.29 is 4.39 Å². The molecule has 0 aliphatic heterocycles. The molecule has 0 radical (unpaired) electrons. The molecule has 0 unspecified atom stereocenters. The molecule has 4 heteroatoms. The van der Waals surface area contributed by atoms with Gasteiger partial charge in [-0.15, -0.1) is 0 Å². The molecule has 0 saturated carbocycles. The highest BCUT2D eigenvalue weighted by molar-refractivity contribution is 5.58. The summed E-state index contributed by atoms with van der Waals surface area (Å²) in [6.45, 7) is 3.58. The minimum absolute atomic E-state index is 0.252. The second-order valence-corrected chi connectivity index (χ2v) is 3.64. The summed E-state index contributed by atoms with van der Waals surface area (Å²) in [4.78, 5) is 18.5. The summed E-state index contributed by atoms with van der Waals surface area (Å²) in [5.74, 6) is -0.378. The molecule has 0 bridgehead atoms. The van der Waals surface area contributed by atoms with E-state index in [1.54, 1.807) is 26.0 Å². The van der Waals surface area contributed by atoms with Crippen LogP contribution in [0.3, 0.4) is 0 Å². The SMILES string of the molecule is Cc1nc(-c2cccc(F)c2)c(=O)[nH]c1C. The maximum atomic E-state index is 13.0. The van der Waals surface area contributed by atoms with Gasteiger partial charge in [0.2, 0.25) is 0 Å². The van der Waals surface area contributed by atoms with E-state index in [0.29, 0.717) is 5.56 Å². The number of nitrogens with zero attached hydrogens (tertiary/aromatic N) is 1. The van der Waals surface area contributed by atoms with Crippen LogP contribution in [0.2, 0.25) is 0 Å². The van der Waals surface area contributed by atoms with Crippen molar-refractivity contribution in [3.05, 3.63) is 51.8 Å². The Bertz CT molecular complexity index is 590. The normalized spacial score (nSPS) is 10.4. The topological polar surface area (TPSA) is 45.8 Å². The third kappa shape index (κ3) is 1.86. The van der Waals surface area contributed by atoms with E-state index >= 15 is 0 Å². The predicted octanol–water partition coefficient (Wildman–Crippen LogP) is 2.19. The number of aryl methyl sites for hydroxylation is 2. The summed E-state index contributed by atoms with van der Waals surface area (Å²) in [6.07, 6.45) is 0. The average molecular weight is 218 g/mol. The van der Waals surface area contributed by atoms with E-state index < -0.39 is 0 Å². The Labute approximate surface area is 92.0 Å². The van der Waals surface area contributed by atoms with Gasteiger partial charge >= 0.3 is 0 Å². The highest BCUT2D eigenvalue weighted by Crippen LogP contribution is 2.14. The molecule has 16 heavy (non-hydrogen) atoms. The van der Waals surface area contributed by atoms with E-state index in [2.05, 4.69) is 9.97 Å². The smallest absolute Gasteiger partial charge is 0.274 e. The first-order valence-electron chi connectivity index (χ1n) is 4.91. The highest BCUT2D eigenvalue weighted by atomic mass is 19.1. The van der Waals surface area contributed by atoms with Gasteiger partial charge in [0.05, 0.1) is 5.69 Å². The van der Waals surface area contributed by atoms with Crippen molar-refractivity contribution in [3.63, 3.8) is 0 Å². The first-order chi connectivity index (χ1) is 7.58. The van der Waals surface area contributed by atoms with Gasteiger partial charge in [-0.25, -0.2) is 9.37 Å². The Balaban J connectivity index is 2.65. The lowest BCUT2D eigenvalue weighted by Gasteiger charge is -2.03. The molecule has 1 aromatic carbocycles. The van der Waals surface area contributed by atoms with Gasteiger partial charge in [0.15, 0.2) is 0 Å². The Kier molecular flexibility index (Phi) is 2.56.